The first-order valence-electron chi connectivity index (χ1n) is 10.7. The number of nitrogens with one attached hydrogen (secondary N) is 1. The van der Waals surface area contributed by atoms with Gasteiger partial charge in [-0.1, -0.05) is 29.5 Å². The van der Waals surface area contributed by atoms with Crippen LogP contribution in [0.25, 0.3) is 0 Å². The normalized spacial score (nSPS) is 31.7. The highest BCUT2D eigenvalue weighted by atomic mass is 32.2. The number of para-hydroxylation sites is 1. The van der Waals surface area contributed by atoms with Gasteiger partial charge < -0.3 is 5.32 Å². The van der Waals surface area contributed by atoms with Crippen LogP contribution in [0, 0.1) is 23.2 Å². The van der Waals surface area contributed by atoms with E-state index in [0.717, 1.165) is 36.2 Å². The van der Waals surface area contributed by atoms with Crippen LogP contribution in [0.4, 0.5) is 10.8 Å². The van der Waals surface area contributed by atoms with Crippen molar-refractivity contribution in [3.8, 4) is 0 Å². The van der Waals surface area contributed by atoms with E-state index in [1.807, 2.05) is 24.3 Å². The molecule has 0 saturated heterocycles. The zero-order valence-electron chi connectivity index (χ0n) is 16.6. The number of benzene rings is 1. The lowest BCUT2D eigenvalue weighted by atomic mass is 9.49. The van der Waals surface area contributed by atoms with Gasteiger partial charge in [-0.3, -0.25) is 9.10 Å². The minimum Gasteiger partial charge on any atom is -0.300 e. The summed E-state index contributed by atoms with van der Waals surface area (Å²) < 4.78 is 27.6. The number of carbonyl (C=O) groups excluding carboxylic acids is 1. The molecule has 7 nitrogen and oxygen atoms in total. The summed E-state index contributed by atoms with van der Waals surface area (Å²) >= 11 is 0.950. The highest BCUT2D eigenvalue weighted by Gasteiger charge is 2.54. The molecule has 4 fully saturated rings. The van der Waals surface area contributed by atoms with E-state index in [1.165, 1.54) is 23.6 Å². The molecular formula is C21H24N4O3S2. The summed E-state index contributed by atoms with van der Waals surface area (Å²) in [7, 11) is -3.79. The van der Waals surface area contributed by atoms with Crippen LogP contribution >= 0.6 is 11.3 Å². The van der Waals surface area contributed by atoms with E-state index in [2.05, 4.69) is 15.5 Å². The molecule has 1 aliphatic heterocycles. The van der Waals surface area contributed by atoms with Crippen LogP contribution in [0.1, 0.15) is 44.1 Å². The summed E-state index contributed by atoms with van der Waals surface area (Å²) in [5, 5.41) is 11.1. The molecule has 0 radical (unpaired) electrons. The fraction of sp³-hybridized carbons (Fsp3) is 0.571. The number of hydrogen-bond donors (Lipinski definition) is 1. The maximum atomic E-state index is 13.2. The highest BCUT2D eigenvalue weighted by molar-refractivity contribution is 7.94. The number of amides is 1. The lowest BCUT2D eigenvalue weighted by Gasteiger charge is -2.55. The third kappa shape index (κ3) is 2.81. The van der Waals surface area contributed by atoms with Crippen molar-refractivity contribution in [2.45, 2.75) is 49.3 Å². The Bertz CT molecular complexity index is 1090. The number of nitrogens with zero attached hydrogens (tertiary/aromatic N) is 3. The van der Waals surface area contributed by atoms with E-state index in [9.17, 15) is 13.2 Å². The second-order valence-electron chi connectivity index (χ2n) is 9.48. The zero-order chi connectivity index (χ0) is 20.5. The highest BCUT2D eigenvalue weighted by Crippen LogP contribution is 2.60. The summed E-state index contributed by atoms with van der Waals surface area (Å²) in [4.78, 5) is 13.2. The number of hydrogen-bond acceptors (Lipinski definition) is 6. The second-order valence-corrected chi connectivity index (χ2v) is 12.5. The van der Waals surface area contributed by atoms with Gasteiger partial charge in [0, 0.05) is 6.54 Å². The molecule has 4 aliphatic carbocycles. The second kappa shape index (κ2) is 6.50. The van der Waals surface area contributed by atoms with Gasteiger partial charge in [0.05, 0.1) is 11.1 Å². The van der Waals surface area contributed by atoms with Crippen molar-refractivity contribution in [2.75, 3.05) is 16.2 Å². The number of aromatic nitrogens is 2. The topological polar surface area (TPSA) is 92.3 Å². The molecular weight excluding hydrogens is 420 g/mol. The maximum absolute atomic E-state index is 13.2. The number of anilines is 2. The molecule has 0 atom stereocenters. The molecule has 1 aromatic heterocycles. The average molecular weight is 445 g/mol. The molecule has 1 aromatic carbocycles. The fourth-order valence-electron chi connectivity index (χ4n) is 6.63. The summed E-state index contributed by atoms with van der Waals surface area (Å²) in [6.45, 7) is 0.399. The van der Waals surface area contributed by atoms with Gasteiger partial charge in [0.1, 0.15) is 0 Å². The van der Waals surface area contributed by atoms with E-state index in [-0.39, 0.29) is 20.8 Å². The van der Waals surface area contributed by atoms with Crippen molar-refractivity contribution < 1.29 is 13.2 Å². The molecule has 1 amide bonds. The third-order valence-corrected chi connectivity index (χ3v) is 10.5. The molecule has 30 heavy (non-hydrogen) atoms. The smallest absolute Gasteiger partial charge is 0.293 e. The molecule has 1 N–H and O–H groups in total. The van der Waals surface area contributed by atoms with E-state index < -0.39 is 10.0 Å². The fourth-order valence-corrected chi connectivity index (χ4v) is 9.14. The van der Waals surface area contributed by atoms with Gasteiger partial charge in [-0.15, -0.1) is 10.2 Å². The molecule has 2 heterocycles. The minimum absolute atomic E-state index is 0.00761. The Hall–Kier alpha value is -2.00. The van der Waals surface area contributed by atoms with E-state index >= 15 is 0 Å². The quantitative estimate of drug-likeness (QED) is 0.729. The first kappa shape index (κ1) is 18.7. The lowest BCUT2D eigenvalue weighted by molar-refractivity contribution is -0.140. The first-order chi connectivity index (χ1) is 14.4. The van der Waals surface area contributed by atoms with Gasteiger partial charge in [-0.25, -0.2) is 0 Å². The van der Waals surface area contributed by atoms with E-state index in [1.54, 1.807) is 0 Å². The molecule has 0 spiro atoms. The molecule has 9 heteroatoms. The summed E-state index contributed by atoms with van der Waals surface area (Å²) in [5.41, 5.74) is 1.42. The van der Waals surface area contributed by atoms with Gasteiger partial charge in [0.15, 0.2) is 0 Å². The summed E-state index contributed by atoms with van der Waals surface area (Å²) in [6.07, 6.45) is 7.36. The Labute approximate surface area is 179 Å². The predicted octanol–water partition coefficient (Wildman–Crippen LogP) is 3.44. The van der Waals surface area contributed by atoms with Crippen LogP contribution in [-0.2, 0) is 21.2 Å². The average Bonchev–Trinajstić information content (AvgIpc) is 3.34. The Morgan fingerprint density at radius 3 is 2.43 bits per heavy atom. The molecule has 7 rings (SSSR count). The largest absolute Gasteiger partial charge is 0.300 e. The Kier molecular flexibility index (Phi) is 4.06. The zero-order valence-corrected chi connectivity index (χ0v) is 18.2. The van der Waals surface area contributed by atoms with Crippen molar-refractivity contribution >= 4 is 38.1 Å². The van der Waals surface area contributed by atoms with Crippen LogP contribution in [0.2, 0.25) is 0 Å². The molecule has 0 unspecified atom stereocenters. The van der Waals surface area contributed by atoms with Crippen molar-refractivity contribution in [3.63, 3.8) is 0 Å². The predicted molar refractivity (Wildman–Crippen MR) is 114 cm³/mol. The van der Waals surface area contributed by atoms with E-state index in [4.69, 9.17) is 0 Å². The maximum Gasteiger partial charge on any atom is 0.293 e. The first-order valence-corrected chi connectivity index (χ1v) is 12.9. The SMILES string of the molecule is O=C(Nc1nnc(S(=O)(=O)N2CCc3ccccc32)s1)C12CC3CC(CC(C3)C1)C2. The van der Waals surface area contributed by atoms with Crippen molar-refractivity contribution in [3.05, 3.63) is 29.8 Å². The van der Waals surface area contributed by atoms with Crippen LogP contribution in [0.5, 0.6) is 0 Å². The molecule has 5 aliphatic rings. The third-order valence-electron chi connectivity index (χ3n) is 7.50. The molecule has 4 bridgehead atoms. The van der Waals surface area contributed by atoms with Gasteiger partial charge in [-0.05, 0) is 74.3 Å². The number of fused-ring (bicyclic) bond motifs is 1. The number of rotatable bonds is 4. The van der Waals surface area contributed by atoms with E-state index in [0.29, 0.717) is 36.4 Å². The molecule has 2 aromatic rings. The molecule has 158 valence electrons. The van der Waals surface area contributed by atoms with Crippen molar-refractivity contribution in [1.29, 1.82) is 0 Å². The van der Waals surface area contributed by atoms with Gasteiger partial charge in [0.25, 0.3) is 14.4 Å². The molecule has 4 saturated carbocycles. The van der Waals surface area contributed by atoms with Gasteiger partial charge >= 0.3 is 0 Å². The van der Waals surface area contributed by atoms with Gasteiger partial charge in [-0.2, -0.15) is 8.42 Å². The number of carbonyl (C=O) groups is 1. The van der Waals surface area contributed by atoms with Crippen LogP contribution in [0.3, 0.4) is 0 Å². The Morgan fingerprint density at radius 2 is 1.73 bits per heavy atom. The van der Waals surface area contributed by atoms with Crippen molar-refractivity contribution in [1.82, 2.24) is 10.2 Å². The number of sulfonamides is 1. The van der Waals surface area contributed by atoms with Crippen molar-refractivity contribution in [2.24, 2.45) is 23.2 Å². The van der Waals surface area contributed by atoms with Crippen LogP contribution in [0.15, 0.2) is 28.6 Å². The minimum atomic E-state index is -3.79. The standard InChI is InChI=1S/C21H24N4O3S2/c26-18(21-10-13-7-14(11-21)9-15(8-13)12-21)22-19-23-24-20(29-19)30(27,28)25-6-5-16-3-1-2-4-17(16)25/h1-4,13-15H,5-12H2,(H,22,23,26). The van der Waals surface area contributed by atoms with Crippen LogP contribution in [-0.4, -0.2) is 31.1 Å². The van der Waals surface area contributed by atoms with Gasteiger partial charge in [0.2, 0.25) is 11.0 Å². The monoisotopic (exact) mass is 444 g/mol. The lowest BCUT2D eigenvalue weighted by Crippen LogP contribution is -2.51. The summed E-state index contributed by atoms with van der Waals surface area (Å²) in [5.74, 6) is 2.01. The van der Waals surface area contributed by atoms with Crippen LogP contribution < -0.4 is 9.62 Å². The summed E-state index contributed by atoms with van der Waals surface area (Å²) in [6, 6.07) is 7.51. The Morgan fingerprint density at radius 1 is 1.07 bits per heavy atom. The Balaban J connectivity index is 1.22.